The molecule has 0 radical (unpaired) electrons. The van der Waals surface area contributed by atoms with Crippen molar-refractivity contribution in [3.05, 3.63) is 77.6 Å². The van der Waals surface area contributed by atoms with E-state index in [4.69, 9.17) is 0 Å². The second kappa shape index (κ2) is 6.50. The van der Waals surface area contributed by atoms with Gasteiger partial charge in [0.25, 0.3) is 0 Å². The SMILES string of the molecule is Cc1ccc(-c2c(C#N)cncc2S(=O)(=O)c2ccc(C)cc2)cc1. The molecule has 0 unspecified atom stereocenters. The minimum atomic E-state index is -3.79. The molecule has 3 aromatic rings. The zero-order valence-electron chi connectivity index (χ0n) is 13.9. The van der Waals surface area contributed by atoms with Gasteiger partial charge in [-0.3, -0.25) is 4.98 Å². The summed E-state index contributed by atoms with van der Waals surface area (Å²) in [5, 5.41) is 9.45. The predicted octanol–water partition coefficient (Wildman–Crippen LogP) is 4.07. The normalized spacial score (nSPS) is 11.1. The Morgan fingerprint density at radius 2 is 1.44 bits per heavy atom. The van der Waals surface area contributed by atoms with E-state index in [9.17, 15) is 13.7 Å². The number of nitriles is 1. The van der Waals surface area contributed by atoms with Gasteiger partial charge in [0.1, 0.15) is 6.07 Å². The van der Waals surface area contributed by atoms with Gasteiger partial charge in [-0.05, 0) is 31.5 Å². The van der Waals surface area contributed by atoms with E-state index in [1.165, 1.54) is 12.4 Å². The predicted molar refractivity (Wildman–Crippen MR) is 95.8 cm³/mol. The van der Waals surface area contributed by atoms with Crippen molar-refractivity contribution in [3.63, 3.8) is 0 Å². The minimum Gasteiger partial charge on any atom is -0.262 e. The van der Waals surface area contributed by atoms with Crippen LogP contribution in [0.1, 0.15) is 16.7 Å². The average molecular weight is 348 g/mol. The molecule has 1 heterocycles. The zero-order chi connectivity index (χ0) is 18.0. The molecule has 25 heavy (non-hydrogen) atoms. The third kappa shape index (κ3) is 3.17. The van der Waals surface area contributed by atoms with Crippen LogP contribution in [0.5, 0.6) is 0 Å². The van der Waals surface area contributed by atoms with Crippen molar-refractivity contribution < 1.29 is 8.42 Å². The Morgan fingerprint density at radius 3 is 2.00 bits per heavy atom. The molecule has 4 nitrogen and oxygen atoms in total. The van der Waals surface area contributed by atoms with Crippen LogP contribution in [0.3, 0.4) is 0 Å². The van der Waals surface area contributed by atoms with Gasteiger partial charge in [0.05, 0.1) is 15.4 Å². The number of pyridine rings is 1. The van der Waals surface area contributed by atoms with E-state index in [0.29, 0.717) is 11.1 Å². The molecular weight excluding hydrogens is 332 g/mol. The van der Waals surface area contributed by atoms with Crippen molar-refractivity contribution in [2.75, 3.05) is 0 Å². The molecule has 0 saturated carbocycles. The van der Waals surface area contributed by atoms with Crippen molar-refractivity contribution in [3.8, 4) is 17.2 Å². The number of aryl methyl sites for hydroxylation is 2. The molecule has 2 aromatic carbocycles. The van der Waals surface area contributed by atoms with Crippen LogP contribution in [-0.4, -0.2) is 13.4 Å². The van der Waals surface area contributed by atoms with E-state index in [1.807, 2.05) is 38.1 Å². The van der Waals surface area contributed by atoms with E-state index in [2.05, 4.69) is 11.1 Å². The van der Waals surface area contributed by atoms with Gasteiger partial charge in [0, 0.05) is 18.0 Å². The molecule has 0 aliphatic heterocycles. The lowest BCUT2D eigenvalue weighted by molar-refractivity contribution is 0.596. The van der Waals surface area contributed by atoms with Crippen molar-refractivity contribution in [2.24, 2.45) is 0 Å². The van der Waals surface area contributed by atoms with Crippen molar-refractivity contribution in [2.45, 2.75) is 23.6 Å². The maximum Gasteiger partial charge on any atom is 0.208 e. The van der Waals surface area contributed by atoms with Crippen LogP contribution < -0.4 is 0 Å². The quantitative estimate of drug-likeness (QED) is 0.715. The highest BCUT2D eigenvalue weighted by Gasteiger charge is 2.24. The van der Waals surface area contributed by atoms with Crippen LogP contribution >= 0.6 is 0 Å². The van der Waals surface area contributed by atoms with Crippen molar-refractivity contribution in [1.82, 2.24) is 4.98 Å². The number of benzene rings is 2. The molecule has 5 heteroatoms. The summed E-state index contributed by atoms with van der Waals surface area (Å²) in [6.45, 7) is 3.84. The summed E-state index contributed by atoms with van der Waals surface area (Å²) < 4.78 is 26.2. The number of aromatic nitrogens is 1. The van der Waals surface area contributed by atoms with E-state index < -0.39 is 9.84 Å². The summed E-state index contributed by atoms with van der Waals surface area (Å²) in [6, 6.07) is 16.1. The van der Waals surface area contributed by atoms with Gasteiger partial charge >= 0.3 is 0 Å². The lowest BCUT2D eigenvalue weighted by atomic mass is 10.0. The highest BCUT2D eigenvalue weighted by atomic mass is 32.2. The van der Waals surface area contributed by atoms with E-state index in [0.717, 1.165) is 11.1 Å². The zero-order valence-corrected chi connectivity index (χ0v) is 14.7. The fourth-order valence-electron chi connectivity index (χ4n) is 2.59. The Kier molecular flexibility index (Phi) is 4.39. The largest absolute Gasteiger partial charge is 0.262 e. The molecule has 0 amide bonds. The summed E-state index contributed by atoms with van der Waals surface area (Å²) >= 11 is 0. The van der Waals surface area contributed by atoms with E-state index in [-0.39, 0.29) is 15.4 Å². The second-order valence-electron chi connectivity index (χ2n) is 5.85. The van der Waals surface area contributed by atoms with E-state index >= 15 is 0 Å². The maximum atomic E-state index is 13.1. The van der Waals surface area contributed by atoms with Crippen molar-refractivity contribution >= 4 is 9.84 Å². The van der Waals surface area contributed by atoms with Gasteiger partial charge in [0.15, 0.2) is 0 Å². The van der Waals surface area contributed by atoms with Gasteiger partial charge in [-0.15, -0.1) is 0 Å². The van der Waals surface area contributed by atoms with Crippen LogP contribution in [0.4, 0.5) is 0 Å². The van der Waals surface area contributed by atoms with Crippen LogP contribution in [0.25, 0.3) is 11.1 Å². The Bertz CT molecular complexity index is 1060. The lowest BCUT2D eigenvalue weighted by Crippen LogP contribution is -2.06. The number of hydrogen-bond acceptors (Lipinski definition) is 4. The molecule has 0 spiro atoms. The molecule has 0 N–H and O–H groups in total. The Balaban J connectivity index is 2.28. The smallest absolute Gasteiger partial charge is 0.208 e. The molecule has 0 fully saturated rings. The lowest BCUT2D eigenvalue weighted by Gasteiger charge is -2.12. The molecule has 0 bridgehead atoms. The highest BCUT2D eigenvalue weighted by Crippen LogP contribution is 2.33. The Morgan fingerprint density at radius 1 is 0.880 bits per heavy atom. The number of nitrogens with zero attached hydrogens (tertiary/aromatic N) is 2. The summed E-state index contributed by atoms with van der Waals surface area (Å²) in [5.41, 5.74) is 3.33. The van der Waals surface area contributed by atoms with Crippen LogP contribution in [0.15, 0.2) is 70.7 Å². The van der Waals surface area contributed by atoms with E-state index in [1.54, 1.807) is 24.3 Å². The maximum absolute atomic E-state index is 13.1. The van der Waals surface area contributed by atoms with Crippen LogP contribution in [-0.2, 0) is 9.84 Å². The third-order valence-corrected chi connectivity index (χ3v) is 5.77. The van der Waals surface area contributed by atoms with Crippen LogP contribution in [0.2, 0.25) is 0 Å². The van der Waals surface area contributed by atoms with Gasteiger partial charge in [-0.2, -0.15) is 5.26 Å². The number of rotatable bonds is 3. The highest BCUT2D eigenvalue weighted by molar-refractivity contribution is 7.91. The Labute approximate surface area is 147 Å². The molecule has 0 aliphatic carbocycles. The van der Waals surface area contributed by atoms with Gasteiger partial charge in [-0.25, -0.2) is 8.42 Å². The van der Waals surface area contributed by atoms with Gasteiger partial charge in [-0.1, -0.05) is 47.5 Å². The third-order valence-electron chi connectivity index (χ3n) is 3.99. The number of hydrogen-bond donors (Lipinski definition) is 0. The summed E-state index contributed by atoms with van der Waals surface area (Å²) in [4.78, 5) is 4.19. The summed E-state index contributed by atoms with van der Waals surface area (Å²) in [5.74, 6) is 0. The van der Waals surface area contributed by atoms with Gasteiger partial charge in [0.2, 0.25) is 9.84 Å². The molecule has 0 atom stereocenters. The fourth-order valence-corrected chi connectivity index (χ4v) is 4.04. The summed E-state index contributed by atoms with van der Waals surface area (Å²) in [7, 11) is -3.79. The molecule has 0 saturated heterocycles. The molecule has 3 rings (SSSR count). The van der Waals surface area contributed by atoms with Crippen LogP contribution in [0, 0.1) is 25.2 Å². The summed E-state index contributed by atoms with van der Waals surface area (Å²) in [6.07, 6.45) is 2.70. The molecular formula is C20H16N2O2S. The monoisotopic (exact) mass is 348 g/mol. The minimum absolute atomic E-state index is 0.0410. The van der Waals surface area contributed by atoms with Gasteiger partial charge < -0.3 is 0 Å². The second-order valence-corrected chi connectivity index (χ2v) is 7.77. The topological polar surface area (TPSA) is 70.8 Å². The first kappa shape index (κ1) is 16.9. The Hall–Kier alpha value is -2.97. The first-order valence-electron chi connectivity index (χ1n) is 7.70. The molecule has 0 aliphatic rings. The molecule has 1 aromatic heterocycles. The molecule has 124 valence electrons. The first-order chi connectivity index (χ1) is 11.9. The standard InChI is InChI=1S/C20H16N2O2S/c1-14-3-7-16(8-4-14)20-17(11-21)12-22-13-19(20)25(23,24)18-9-5-15(2)6-10-18/h3-10,12-13H,1-2H3. The van der Waals surface area contributed by atoms with Crippen molar-refractivity contribution in [1.29, 1.82) is 5.26 Å². The first-order valence-corrected chi connectivity index (χ1v) is 9.18. The number of sulfone groups is 1. The fraction of sp³-hybridized carbons (Fsp3) is 0.100. The average Bonchev–Trinajstić information content (AvgIpc) is 2.62.